The monoisotopic (exact) mass is 171 g/mol. The quantitative estimate of drug-likeness (QED) is 0.589. The first-order valence-corrected chi connectivity index (χ1v) is 4.78. The van der Waals surface area contributed by atoms with Crippen molar-refractivity contribution in [2.75, 3.05) is 26.3 Å². The van der Waals surface area contributed by atoms with E-state index in [1.54, 1.807) is 0 Å². The number of hydrogen-bond acceptors (Lipinski definition) is 3. The van der Waals surface area contributed by atoms with E-state index in [2.05, 4.69) is 5.32 Å². The molecule has 2 atom stereocenters. The molecular weight excluding hydrogens is 154 g/mol. The van der Waals surface area contributed by atoms with Crippen molar-refractivity contribution in [3.63, 3.8) is 0 Å². The van der Waals surface area contributed by atoms with Crippen LogP contribution in [0.15, 0.2) is 0 Å². The SMILES string of the molecule is OCC1CC2(CCCNC2)CO1. The Bertz CT molecular complexity index is 155. The van der Waals surface area contributed by atoms with E-state index in [4.69, 9.17) is 9.84 Å². The molecular formula is C9H17NO2. The predicted octanol–water partition coefficient (Wildman–Crippen LogP) is 0.137. The van der Waals surface area contributed by atoms with E-state index in [0.29, 0.717) is 5.41 Å². The molecule has 2 fully saturated rings. The number of aliphatic hydroxyl groups excluding tert-OH is 1. The second kappa shape index (κ2) is 3.32. The number of rotatable bonds is 1. The zero-order valence-electron chi connectivity index (χ0n) is 7.38. The van der Waals surface area contributed by atoms with Gasteiger partial charge in [-0.15, -0.1) is 0 Å². The molecule has 2 saturated heterocycles. The highest BCUT2D eigenvalue weighted by Crippen LogP contribution is 2.37. The molecule has 0 aromatic heterocycles. The van der Waals surface area contributed by atoms with Crippen LogP contribution < -0.4 is 5.32 Å². The molecule has 0 aromatic rings. The van der Waals surface area contributed by atoms with Crippen molar-refractivity contribution in [2.24, 2.45) is 5.41 Å². The Kier molecular flexibility index (Phi) is 2.35. The first kappa shape index (κ1) is 8.48. The van der Waals surface area contributed by atoms with Crippen LogP contribution in [0.3, 0.4) is 0 Å². The molecule has 70 valence electrons. The van der Waals surface area contributed by atoms with Crippen molar-refractivity contribution in [3.05, 3.63) is 0 Å². The lowest BCUT2D eigenvalue weighted by Crippen LogP contribution is -2.40. The summed E-state index contributed by atoms with van der Waals surface area (Å²) in [6.07, 6.45) is 3.65. The highest BCUT2D eigenvalue weighted by Gasteiger charge is 2.40. The van der Waals surface area contributed by atoms with Gasteiger partial charge < -0.3 is 15.2 Å². The van der Waals surface area contributed by atoms with Crippen LogP contribution in [-0.2, 0) is 4.74 Å². The summed E-state index contributed by atoms with van der Waals surface area (Å²) in [4.78, 5) is 0. The van der Waals surface area contributed by atoms with Gasteiger partial charge in [-0.3, -0.25) is 0 Å². The maximum Gasteiger partial charge on any atom is 0.0812 e. The van der Waals surface area contributed by atoms with Gasteiger partial charge in [-0.05, 0) is 25.8 Å². The smallest absolute Gasteiger partial charge is 0.0812 e. The summed E-state index contributed by atoms with van der Waals surface area (Å²) in [5.74, 6) is 0. The first-order valence-electron chi connectivity index (χ1n) is 4.78. The standard InChI is InChI=1S/C9H17NO2/c11-5-8-4-9(7-12-8)2-1-3-10-6-9/h8,10-11H,1-7H2. The van der Waals surface area contributed by atoms with Crippen molar-refractivity contribution in [3.8, 4) is 0 Å². The van der Waals surface area contributed by atoms with Crippen LogP contribution in [-0.4, -0.2) is 37.5 Å². The largest absolute Gasteiger partial charge is 0.394 e. The fourth-order valence-corrected chi connectivity index (χ4v) is 2.34. The van der Waals surface area contributed by atoms with Gasteiger partial charge in [-0.25, -0.2) is 0 Å². The van der Waals surface area contributed by atoms with Crippen molar-refractivity contribution >= 4 is 0 Å². The van der Waals surface area contributed by atoms with Gasteiger partial charge in [0.15, 0.2) is 0 Å². The van der Waals surface area contributed by atoms with Crippen LogP contribution in [0, 0.1) is 5.41 Å². The molecule has 12 heavy (non-hydrogen) atoms. The fraction of sp³-hybridized carbons (Fsp3) is 1.00. The molecule has 3 heteroatoms. The highest BCUT2D eigenvalue weighted by atomic mass is 16.5. The lowest BCUT2D eigenvalue weighted by molar-refractivity contribution is 0.0506. The number of hydrogen-bond donors (Lipinski definition) is 2. The minimum Gasteiger partial charge on any atom is -0.394 e. The van der Waals surface area contributed by atoms with Gasteiger partial charge in [0.25, 0.3) is 0 Å². The first-order chi connectivity index (χ1) is 5.85. The molecule has 2 unspecified atom stereocenters. The summed E-state index contributed by atoms with van der Waals surface area (Å²) in [5.41, 5.74) is 0.353. The normalized spacial score (nSPS) is 42.2. The molecule has 2 N–H and O–H groups in total. The van der Waals surface area contributed by atoms with Crippen molar-refractivity contribution < 1.29 is 9.84 Å². The summed E-state index contributed by atoms with van der Waals surface area (Å²) >= 11 is 0. The molecule has 3 nitrogen and oxygen atoms in total. The zero-order valence-corrected chi connectivity index (χ0v) is 7.38. The molecule has 1 spiro atoms. The van der Waals surface area contributed by atoms with E-state index in [1.165, 1.54) is 12.8 Å². The maximum atomic E-state index is 8.93. The van der Waals surface area contributed by atoms with Crippen LogP contribution >= 0.6 is 0 Å². The molecule has 2 heterocycles. The fourth-order valence-electron chi connectivity index (χ4n) is 2.34. The average molecular weight is 171 g/mol. The molecule has 0 radical (unpaired) electrons. The number of nitrogens with one attached hydrogen (secondary N) is 1. The lowest BCUT2D eigenvalue weighted by atomic mass is 9.79. The summed E-state index contributed by atoms with van der Waals surface area (Å²) in [6, 6.07) is 0. The number of piperidine rings is 1. The zero-order chi connectivity index (χ0) is 8.44. The Morgan fingerprint density at radius 3 is 3.08 bits per heavy atom. The molecule has 0 amide bonds. The van der Waals surface area contributed by atoms with E-state index in [1.807, 2.05) is 0 Å². The number of aliphatic hydroxyl groups is 1. The predicted molar refractivity (Wildman–Crippen MR) is 46.0 cm³/mol. The Balaban J connectivity index is 1.94. The molecule has 2 rings (SSSR count). The van der Waals surface area contributed by atoms with Crippen LogP contribution in [0.2, 0.25) is 0 Å². The van der Waals surface area contributed by atoms with Crippen LogP contribution in [0.25, 0.3) is 0 Å². The lowest BCUT2D eigenvalue weighted by Gasteiger charge is -2.32. The van der Waals surface area contributed by atoms with Gasteiger partial charge in [0.05, 0.1) is 19.3 Å². The van der Waals surface area contributed by atoms with Gasteiger partial charge in [0.2, 0.25) is 0 Å². The van der Waals surface area contributed by atoms with E-state index in [0.717, 1.165) is 26.1 Å². The Morgan fingerprint density at radius 1 is 1.58 bits per heavy atom. The van der Waals surface area contributed by atoms with Gasteiger partial charge >= 0.3 is 0 Å². The second-order valence-electron chi connectivity index (χ2n) is 4.10. The molecule has 0 aliphatic carbocycles. The van der Waals surface area contributed by atoms with Crippen molar-refractivity contribution in [2.45, 2.75) is 25.4 Å². The Labute approximate surface area is 73.1 Å². The molecule has 0 bridgehead atoms. The summed E-state index contributed by atoms with van der Waals surface area (Å²) < 4.78 is 5.51. The van der Waals surface area contributed by atoms with Gasteiger partial charge in [0, 0.05) is 12.0 Å². The summed E-state index contributed by atoms with van der Waals surface area (Å²) in [7, 11) is 0. The van der Waals surface area contributed by atoms with E-state index in [9.17, 15) is 0 Å². The third-order valence-corrected chi connectivity index (χ3v) is 3.05. The van der Waals surface area contributed by atoms with E-state index in [-0.39, 0.29) is 12.7 Å². The van der Waals surface area contributed by atoms with Crippen LogP contribution in [0.1, 0.15) is 19.3 Å². The van der Waals surface area contributed by atoms with Crippen LogP contribution in [0.4, 0.5) is 0 Å². The van der Waals surface area contributed by atoms with Crippen molar-refractivity contribution in [1.29, 1.82) is 0 Å². The Hall–Kier alpha value is -0.120. The molecule has 0 saturated carbocycles. The van der Waals surface area contributed by atoms with E-state index < -0.39 is 0 Å². The third kappa shape index (κ3) is 1.49. The minimum atomic E-state index is 0.102. The minimum absolute atomic E-state index is 0.102. The van der Waals surface area contributed by atoms with Gasteiger partial charge in [0.1, 0.15) is 0 Å². The molecule has 2 aliphatic rings. The molecule has 0 aromatic carbocycles. The maximum absolute atomic E-state index is 8.93. The topological polar surface area (TPSA) is 41.5 Å². The Morgan fingerprint density at radius 2 is 2.50 bits per heavy atom. The molecule has 2 aliphatic heterocycles. The number of ether oxygens (including phenoxy) is 1. The summed E-state index contributed by atoms with van der Waals surface area (Å²) in [5, 5.41) is 12.3. The third-order valence-electron chi connectivity index (χ3n) is 3.05. The van der Waals surface area contributed by atoms with E-state index >= 15 is 0 Å². The van der Waals surface area contributed by atoms with Crippen molar-refractivity contribution in [1.82, 2.24) is 5.32 Å². The average Bonchev–Trinajstić information content (AvgIpc) is 2.50. The summed E-state index contributed by atoms with van der Waals surface area (Å²) in [6.45, 7) is 3.24. The van der Waals surface area contributed by atoms with Crippen LogP contribution in [0.5, 0.6) is 0 Å². The van der Waals surface area contributed by atoms with Gasteiger partial charge in [-0.2, -0.15) is 0 Å². The highest BCUT2D eigenvalue weighted by molar-refractivity contribution is 4.91. The van der Waals surface area contributed by atoms with Gasteiger partial charge in [-0.1, -0.05) is 0 Å². The second-order valence-corrected chi connectivity index (χ2v) is 4.10.